The number of anilines is 1. The third-order valence-corrected chi connectivity index (χ3v) is 2.94. The van der Waals surface area contributed by atoms with Crippen molar-refractivity contribution in [2.24, 2.45) is 10.7 Å². The molecule has 0 atom stereocenters. The molecule has 0 amide bonds. The molecule has 1 aromatic heterocycles. The van der Waals surface area contributed by atoms with Gasteiger partial charge in [-0.3, -0.25) is 0 Å². The van der Waals surface area contributed by atoms with E-state index in [1.54, 1.807) is 6.07 Å². The highest BCUT2D eigenvalue weighted by molar-refractivity contribution is 14.0. The second-order valence-electron chi connectivity index (χ2n) is 5.10. The van der Waals surface area contributed by atoms with Crippen LogP contribution >= 0.6 is 24.0 Å². The van der Waals surface area contributed by atoms with Gasteiger partial charge in [0.2, 0.25) is 5.88 Å². The number of ether oxygens (including phenoxy) is 1. The molecule has 1 aromatic carbocycles. The molecule has 0 aliphatic rings. The minimum absolute atomic E-state index is 0. The fraction of sp³-hybridized carbons (Fsp3) is 0.250. The average molecular weight is 466 g/mol. The Morgan fingerprint density at radius 2 is 1.92 bits per heavy atom. The number of aliphatic imine (C=N–C) groups is 1. The number of alkyl halides is 3. The Bertz CT molecular complexity index is 705. The predicted octanol–water partition coefficient (Wildman–Crippen LogP) is 3.88. The zero-order valence-corrected chi connectivity index (χ0v) is 15.7. The number of nitrogens with two attached hydrogens (primary N) is 1. The summed E-state index contributed by atoms with van der Waals surface area (Å²) < 4.78 is 41.0. The summed E-state index contributed by atoms with van der Waals surface area (Å²) in [6.45, 7) is 0.780. The van der Waals surface area contributed by atoms with Crippen LogP contribution in [0.2, 0.25) is 0 Å². The molecule has 0 bridgehead atoms. The number of aryl methyl sites for hydroxylation is 1. The summed E-state index contributed by atoms with van der Waals surface area (Å²) in [7, 11) is 0. The first-order valence-electron chi connectivity index (χ1n) is 7.10. The number of hydrogen-bond acceptors (Lipinski definition) is 3. The van der Waals surface area contributed by atoms with Crippen LogP contribution in [0.3, 0.4) is 0 Å². The number of rotatable bonds is 5. The molecule has 0 fully saturated rings. The summed E-state index contributed by atoms with van der Waals surface area (Å²) in [6, 6.07) is 10.6. The van der Waals surface area contributed by atoms with Crippen LogP contribution < -0.4 is 15.8 Å². The highest BCUT2D eigenvalue weighted by Crippen LogP contribution is 2.17. The minimum atomic E-state index is -4.40. The van der Waals surface area contributed by atoms with E-state index in [1.807, 2.05) is 31.2 Å². The predicted molar refractivity (Wildman–Crippen MR) is 101 cm³/mol. The number of hydrogen-bond donors (Lipinski definition) is 2. The van der Waals surface area contributed by atoms with Crippen molar-refractivity contribution in [1.82, 2.24) is 4.98 Å². The summed E-state index contributed by atoms with van der Waals surface area (Å²) in [6.07, 6.45) is -3.04. The number of guanidine groups is 1. The molecule has 136 valence electrons. The molecule has 1 heterocycles. The lowest BCUT2D eigenvalue weighted by atomic mass is 10.2. The maximum absolute atomic E-state index is 12.1. The maximum Gasteiger partial charge on any atom is 0.422 e. The molecular formula is C16H18F3IN4O. The SMILES string of the molecule is Cc1ccc(NC(N)=NCc2ccnc(OCC(F)(F)F)c2)cc1.I. The number of benzene rings is 1. The van der Waals surface area contributed by atoms with Crippen LogP contribution in [-0.4, -0.2) is 23.7 Å². The number of halogens is 4. The maximum atomic E-state index is 12.1. The van der Waals surface area contributed by atoms with E-state index in [2.05, 4.69) is 20.0 Å². The van der Waals surface area contributed by atoms with Gasteiger partial charge in [0, 0.05) is 18.0 Å². The van der Waals surface area contributed by atoms with Gasteiger partial charge in [-0.15, -0.1) is 24.0 Å². The first-order valence-corrected chi connectivity index (χ1v) is 7.10. The van der Waals surface area contributed by atoms with E-state index in [1.165, 1.54) is 12.3 Å². The molecule has 2 rings (SSSR count). The number of nitrogens with zero attached hydrogens (tertiary/aromatic N) is 2. The molecule has 9 heteroatoms. The van der Waals surface area contributed by atoms with Gasteiger partial charge in [0.25, 0.3) is 0 Å². The summed E-state index contributed by atoms with van der Waals surface area (Å²) in [4.78, 5) is 7.87. The standard InChI is InChI=1S/C16H17F3N4O.HI/c1-11-2-4-13(5-3-11)23-15(20)22-9-12-6-7-21-14(8-12)24-10-16(17,18)19;/h2-8H,9-10H2,1H3,(H3,20,22,23);1H. The number of nitrogens with one attached hydrogen (secondary N) is 1. The Labute approximate surface area is 160 Å². The van der Waals surface area contributed by atoms with Crippen molar-refractivity contribution >= 4 is 35.6 Å². The van der Waals surface area contributed by atoms with E-state index in [0.29, 0.717) is 5.56 Å². The average Bonchev–Trinajstić information content (AvgIpc) is 2.53. The van der Waals surface area contributed by atoms with Crippen molar-refractivity contribution in [3.8, 4) is 5.88 Å². The summed E-state index contributed by atoms with van der Waals surface area (Å²) in [5.74, 6) is 0.0958. The van der Waals surface area contributed by atoms with Crippen molar-refractivity contribution < 1.29 is 17.9 Å². The normalized spacial score (nSPS) is 11.6. The molecule has 5 nitrogen and oxygen atoms in total. The molecule has 0 unspecified atom stereocenters. The fourth-order valence-corrected chi connectivity index (χ4v) is 1.78. The monoisotopic (exact) mass is 466 g/mol. The smallest absolute Gasteiger partial charge is 0.422 e. The second kappa shape index (κ2) is 9.44. The van der Waals surface area contributed by atoms with E-state index < -0.39 is 12.8 Å². The van der Waals surface area contributed by atoms with Gasteiger partial charge in [0.15, 0.2) is 12.6 Å². The molecule has 0 radical (unpaired) electrons. The van der Waals surface area contributed by atoms with E-state index in [9.17, 15) is 13.2 Å². The van der Waals surface area contributed by atoms with Crippen molar-refractivity contribution in [2.75, 3.05) is 11.9 Å². The zero-order valence-electron chi connectivity index (χ0n) is 13.4. The lowest BCUT2D eigenvalue weighted by Gasteiger charge is -2.09. The molecule has 2 aromatic rings. The van der Waals surface area contributed by atoms with E-state index in [-0.39, 0.29) is 42.4 Å². The Morgan fingerprint density at radius 3 is 2.56 bits per heavy atom. The summed E-state index contributed by atoms with van der Waals surface area (Å²) in [5, 5.41) is 2.93. The van der Waals surface area contributed by atoms with Crippen LogP contribution in [0.25, 0.3) is 0 Å². The van der Waals surface area contributed by atoms with Gasteiger partial charge in [0.05, 0.1) is 6.54 Å². The fourth-order valence-electron chi connectivity index (χ4n) is 1.78. The van der Waals surface area contributed by atoms with Crippen LogP contribution in [-0.2, 0) is 6.54 Å². The molecule has 25 heavy (non-hydrogen) atoms. The number of pyridine rings is 1. The van der Waals surface area contributed by atoms with Crippen LogP contribution in [0.5, 0.6) is 5.88 Å². The third kappa shape index (κ3) is 8.05. The molecule has 0 saturated heterocycles. The summed E-state index contributed by atoms with van der Waals surface area (Å²) >= 11 is 0. The Morgan fingerprint density at radius 1 is 1.24 bits per heavy atom. The van der Waals surface area contributed by atoms with E-state index in [0.717, 1.165) is 11.3 Å². The first-order chi connectivity index (χ1) is 11.3. The van der Waals surface area contributed by atoms with Crippen molar-refractivity contribution in [3.05, 3.63) is 53.7 Å². The van der Waals surface area contributed by atoms with Gasteiger partial charge in [-0.25, -0.2) is 9.98 Å². The van der Waals surface area contributed by atoms with E-state index in [4.69, 9.17) is 5.73 Å². The van der Waals surface area contributed by atoms with Gasteiger partial charge >= 0.3 is 6.18 Å². The minimum Gasteiger partial charge on any atom is -0.468 e. The quantitative estimate of drug-likeness (QED) is 0.399. The van der Waals surface area contributed by atoms with Gasteiger partial charge in [-0.1, -0.05) is 17.7 Å². The zero-order chi connectivity index (χ0) is 17.6. The second-order valence-corrected chi connectivity index (χ2v) is 5.10. The third-order valence-electron chi connectivity index (χ3n) is 2.94. The molecule has 0 aliphatic heterocycles. The number of aromatic nitrogens is 1. The molecule has 0 saturated carbocycles. The summed E-state index contributed by atoms with van der Waals surface area (Å²) in [5.41, 5.74) is 8.35. The Hall–Kier alpha value is -2.04. The molecular weight excluding hydrogens is 448 g/mol. The van der Waals surface area contributed by atoms with Gasteiger partial charge in [-0.05, 0) is 30.7 Å². The van der Waals surface area contributed by atoms with Crippen LogP contribution in [0.1, 0.15) is 11.1 Å². The van der Waals surface area contributed by atoms with Crippen LogP contribution in [0.15, 0.2) is 47.6 Å². The highest BCUT2D eigenvalue weighted by Gasteiger charge is 2.28. The van der Waals surface area contributed by atoms with E-state index >= 15 is 0 Å². The largest absolute Gasteiger partial charge is 0.468 e. The Balaban J connectivity index is 0.00000312. The van der Waals surface area contributed by atoms with Crippen molar-refractivity contribution in [1.29, 1.82) is 0 Å². The first kappa shape index (κ1) is 21.0. The molecule has 3 N–H and O–H groups in total. The molecule has 0 spiro atoms. The lowest BCUT2D eigenvalue weighted by Crippen LogP contribution is -2.22. The van der Waals surface area contributed by atoms with Crippen LogP contribution in [0.4, 0.5) is 18.9 Å². The van der Waals surface area contributed by atoms with Crippen molar-refractivity contribution in [3.63, 3.8) is 0 Å². The van der Waals surface area contributed by atoms with Gasteiger partial charge in [-0.2, -0.15) is 13.2 Å². The lowest BCUT2D eigenvalue weighted by molar-refractivity contribution is -0.154. The van der Waals surface area contributed by atoms with Gasteiger partial charge < -0.3 is 15.8 Å². The topological polar surface area (TPSA) is 72.5 Å². The van der Waals surface area contributed by atoms with Crippen LogP contribution in [0, 0.1) is 6.92 Å². The highest BCUT2D eigenvalue weighted by atomic mass is 127. The van der Waals surface area contributed by atoms with Crippen molar-refractivity contribution in [2.45, 2.75) is 19.6 Å². The Kier molecular flexibility index (Phi) is 7.94. The molecule has 0 aliphatic carbocycles. The van der Waals surface area contributed by atoms with Gasteiger partial charge in [0.1, 0.15) is 0 Å².